The highest BCUT2D eigenvalue weighted by molar-refractivity contribution is 6.00. The van der Waals surface area contributed by atoms with Crippen LogP contribution >= 0.6 is 0 Å². The first-order chi connectivity index (χ1) is 16.0. The maximum atomic E-state index is 12.7. The van der Waals surface area contributed by atoms with E-state index in [9.17, 15) is 14.4 Å². The molecule has 174 valence electrons. The van der Waals surface area contributed by atoms with Crippen molar-refractivity contribution < 1.29 is 14.4 Å². The number of urea groups is 2. The average molecular weight is 450 g/mol. The van der Waals surface area contributed by atoms with E-state index in [1.165, 1.54) is 12.8 Å². The Bertz CT molecular complexity index is 986. The number of nitrogens with zero attached hydrogens (tertiary/aromatic N) is 1. The molecule has 0 aromatic heterocycles. The van der Waals surface area contributed by atoms with Crippen LogP contribution in [0.3, 0.4) is 0 Å². The van der Waals surface area contributed by atoms with E-state index < -0.39 is 0 Å². The number of rotatable bonds is 6. The van der Waals surface area contributed by atoms with Gasteiger partial charge in [0, 0.05) is 36.7 Å². The van der Waals surface area contributed by atoms with E-state index >= 15 is 0 Å². The van der Waals surface area contributed by atoms with E-state index in [0.717, 1.165) is 24.9 Å². The van der Waals surface area contributed by atoms with Crippen LogP contribution < -0.4 is 21.3 Å². The maximum absolute atomic E-state index is 12.7. The van der Waals surface area contributed by atoms with Crippen molar-refractivity contribution in [2.24, 2.45) is 11.8 Å². The summed E-state index contributed by atoms with van der Waals surface area (Å²) in [7, 11) is 0. The largest absolute Gasteiger partial charge is 0.356 e. The summed E-state index contributed by atoms with van der Waals surface area (Å²) in [6.45, 7) is 3.81. The summed E-state index contributed by atoms with van der Waals surface area (Å²) in [5.41, 5.74) is 3.08. The molecule has 2 aromatic carbocycles. The number of likely N-dealkylation sites (tertiary alicyclic amines) is 1. The third kappa shape index (κ3) is 6.71. The first-order valence-corrected chi connectivity index (χ1v) is 11.5. The van der Waals surface area contributed by atoms with Crippen LogP contribution in [0.2, 0.25) is 0 Å². The molecule has 5 amide bonds. The molecule has 4 N–H and O–H groups in total. The smallest absolute Gasteiger partial charge is 0.323 e. The second kappa shape index (κ2) is 10.4. The molecule has 1 aliphatic heterocycles. The number of amides is 5. The molecule has 2 aromatic rings. The molecule has 1 heterocycles. The molecule has 1 aliphatic carbocycles. The number of nitrogens with one attached hydrogen (secondary N) is 4. The lowest BCUT2D eigenvalue weighted by atomic mass is 9.97. The molecule has 0 radical (unpaired) electrons. The van der Waals surface area contributed by atoms with Crippen molar-refractivity contribution in [2.45, 2.75) is 32.6 Å². The van der Waals surface area contributed by atoms with Crippen LogP contribution in [0, 0.1) is 18.8 Å². The number of hydrogen-bond acceptors (Lipinski definition) is 3. The maximum Gasteiger partial charge on any atom is 0.323 e. The lowest BCUT2D eigenvalue weighted by molar-refractivity contribution is -0.126. The molecule has 8 nitrogen and oxygen atoms in total. The van der Waals surface area contributed by atoms with Gasteiger partial charge in [-0.05, 0) is 74.9 Å². The van der Waals surface area contributed by atoms with E-state index in [1.54, 1.807) is 29.2 Å². The van der Waals surface area contributed by atoms with Crippen molar-refractivity contribution in [2.75, 3.05) is 35.6 Å². The highest BCUT2D eigenvalue weighted by atomic mass is 16.2. The van der Waals surface area contributed by atoms with Gasteiger partial charge in [0.05, 0.1) is 5.92 Å². The Morgan fingerprint density at radius 3 is 2.03 bits per heavy atom. The molecule has 1 saturated heterocycles. The van der Waals surface area contributed by atoms with Gasteiger partial charge >= 0.3 is 12.1 Å². The van der Waals surface area contributed by atoms with Gasteiger partial charge in [0.1, 0.15) is 0 Å². The molecule has 0 spiro atoms. The predicted molar refractivity (Wildman–Crippen MR) is 129 cm³/mol. The van der Waals surface area contributed by atoms with Gasteiger partial charge in [-0.15, -0.1) is 0 Å². The van der Waals surface area contributed by atoms with Crippen LogP contribution in [0.4, 0.5) is 26.7 Å². The zero-order chi connectivity index (χ0) is 23.2. The summed E-state index contributed by atoms with van der Waals surface area (Å²) >= 11 is 0. The molecule has 8 heteroatoms. The average Bonchev–Trinajstić information content (AvgIpc) is 3.65. The number of hydrogen-bond donors (Lipinski definition) is 4. The Morgan fingerprint density at radius 2 is 1.42 bits per heavy atom. The van der Waals surface area contributed by atoms with Crippen molar-refractivity contribution >= 4 is 35.0 Å². The van der Waals surface area contributed by atoms with Crippen molar-refractivity contribution in [3.05, 3.63) is 54.1 Å². The van der Waals surface area contributed by atoms with Crippen LogP contribution in [0.15, 0.2) is 48.5 Å². The molecular formula is C25H31N5O3. The van der Waals surface area contributed by atoms with Gasteiger partial charge in [-0.1, -0.05) is 17.7 Å². The number of anilines is 3. The number of carbonyl (C=O) groups excluding carboxylic acids is 3. The Kier molecular flexibility index (Phi) is 7.12. The van der Waals surface area contributed by atoms with E-state index in [0.29, 0.717) is 36.1 Å². The van der Waals surface area contributed by atoms with Gasteiger partial charge in [-0.3, -0.25) is 4.79 Å². The summed E-state index contributed by atoms with van der Waals surface area (Å²) in [5, 5.41) is 11.5. The molecule has 2 fully saturated rings. The number of aryl methyl sites for hydroxylation is 1. The Labute approximate surface area is 194 Å². The fourth-order valence-corrected chi connectivity index (χ4v) is 3.86. The monoisotopic (exact) mass is 449 g/mol. The highest BCUT2D eigenvalue weighted by Crippen LogP contribution is 2.28. The minimum atomic E-state index is -0.338. The fourth-order valence-electron chi connectivity index (χ4n) is 3.86. The SMILES string of the molecule is Cc1ccc(NC(=O)Nc2ccc(NC(=O)N3CCC[C@@H](C(=O)NCC4CC4)C3)cc2)cc1. The topological polar surface area (TPSA) is 103 Å². The normalized spacial score (nSPS) is 17.7. The van der Waals surface area contributed by atoms with Crippen LogP contribution in [0.1, 0.15) is 31.2 Å². The summed E-state index contributed by atoms with van der Waals surface area (Å²) in [6, 6.07) is 13.9. The Balaban J connectivity index is 1.24. The van der Waals surface area contributed by atoms with E-state index in [4.69, 9.17) is 0 Å². The second-order valence-corrected chi connectivity index (χ2v) is 8.93. The molecule has 4 rings (SSSR count). The Hall–Kier alpha value is -3.55. The quantitative estimate of drug-likeness (QED) is 0.525. The standard InChI is InChI=1S/C25H31N5O3/c1-17-4-8-20(9-5-17)27-24(32)28-21-10-12-22(13-11-21)29-25(33)30-14-2-3-19(16-30)23(31)26-15-18-6-7-18/h4-5,8-13,18-19H,2-3,6-7,14-16H2,1H3,(H,26,31)(H,29,33)(H2,27,28,32)/t19-/m1/s1. The minimum Gasteiger partial charge on any atom is -0.356 e. The van der Waals surface area contributed by atoms with E-state index in [-0.39, 0.29) is 23.9 Å². The van der Waals surface area contributed by atoms with Gasteiger partial charge in [0.15, 0.2) is 0 Å². The van der Waals surface area contributed by atoms with Gasteiger partial charge in [0.2, 0.25) is 5.91 Å². The van der Waals surface area contributed by atoms with Crippen molar-refractivity contribution in [3.8, 4) is 0 Å². The van der Waals surface area contributed by atoms with Crippen molar-refractivity contribution in [1.29, 1.82) is 0 Å². The molecular weight excluding hydrogens is 418 g/mol. The van der Waals surface area contributed by atoms with Gasteiger partial charge < -0.3 is 26.2 Å². The zero-order valence-electron chi connectivity index (χ0n) is 18.9. The minimum absolute atomic E-state index is 0.0544. The van der Waals surface area contributed by atoms with Crippen LogP contribution in [-0.4, -0.2) is 42.5 Å². The fraction of sp³-hybridized carbons (Fsp3) is 0.400. The first-order valence-electron chi connectivity index (χ1n) is 11.5. The molecule has 0 bridgehead atoms. The lowest BCUT2D eigenvalue weighted by Crippen LogP contribution is -2.47. The summed E-state index contributed by atoms with van der Waals surface area (Å²) in [6.07, 6.45) is 4.02. The third-order valence-corrected chi connectivity index (χ3v) is 6.04. The van der Waals surface area contributed by atoms with Crippen LogP contribution in [-0.2, 0) is 4.79 Å². The zero-order valence-corrected chi connectivity index (χ0v) is 18.9. The second-order valence-electron chi connectivity index (χ2n) is 8.93. The lowest BCUT2D eigenvalue weighted by Gasteiger charge is -2.32. The number of benzene rings is 2. The number of carbonyl (C=O) groups is 3. The molecule has 33 heavy (non-hydrogen) atoms. The summed E-state index contributed by atoms with van der Waals surface area (Å²) < 4.78 is 0. The van der Waals surface area contributed by atoms with Crippen molar-refractivity contribution in [1.82, 2.24) is 10.2 Å². The van der Waals surface area contributed by atoms with Crippen molar-refractivity contribution in [3.63, 3.8) is 0 Å². The number of piperidine rings is 1. The Morgan fingerprint density at radius 1 is 0.848 bits per heavy atom. The van der Waals surface area contributed by atoms with Gasteiger partial charge in [-0.2, -0.15) is 0 Å². The molecule has 2 aliphatic rings. The van der Waals surface area contributed by atoms with E-state index in [2.05, 4.69) is 21.3 Å². The molecule has 1 atom stereocenters. The van der Waals surface area contributed by atoms with Gasteiger partial charge in [0.25, 0.3) is 0 Å². The molecule has 1 saturated carbocycles. The van der Waals surface area contributed by atoms with E-state index in [1.807, 2.05) is 31.2 Å². The summed E-state index contributed by atoms with van der Waals surface area (Å²) in [5.74, 6) is 0.545. The third-order valence-electron chi connectivity index (χ3n) is 6.04. The predicted octanol–water partition coefficient (Wildman–Crippen LogP) is 4.41. The summed E-state index contributed by atoms with van der Waals surface area (Å²) in [4.78, 5) is 39.0. The van der Waals surface area contributed by atoms with Crippen LogP contribution in [0.25, 0.3) is 0 Å². The van der Waals surface area contributed by atoms with Gasteiger partial charge in [-0.25, -0.2) is 9.59 Å². The molecule has 0 unspecified atom stereocenters. The highest BCUT2D eigenvalue weighted by Gasteiger charge is 2.30. The first kappa shape index (κ1) is 22.6. The van der Waals surface area contributed by atoms with Crippen LogP contribution in [0.5, 0.6) is 0 Å².